The molecule has 2 atom stereocenters. The lowest BCUT2D eigenvalue weighted by atomic mass is 9.82. The summed E-state index contributed by atoms with van der Waals surface area (Å²) in [5, 5.41) is 0. The minimum atomic E-state index is -0.478. The highest BCUT2D eigenvalue weighted by molar-refractivity contribution is 5.77. The monoisotopic (exact) mass is 447 g/mol. The zero-order valence-corrected chi connectivity index (χ0v) is 21.2. The Kier molecular flexibility index (Phi) is 8.42. The maximum Gasteiger partial charge on any atom is 0.324 e. The van der Waals surface area contributed by atoms with E-state index in [1.54, 1.807) is 0 Å². The molecular formula is C26H45N3O3. The number of esters is 1. The third-order valence-corrected chi connectivity index (χ3v) is 6.82. The molecular weight excluding hydrogens is 402 g/mol. The van der Waals surface area contributed by atoms with Gasteiger partial charge in [-0.2, -0.15) is 0 Å². The van der Waals surface area contributed by atoms with Crippen molar-refractivity contribution in [1.29, 1.82) is 0 Å². The topological polar surface area (TPSA) is 56.6 Å². The number of rotatable bonds is 9. The van der Waals surface area contributed by atoms with E-state index >= 15 is 0 Å². The van der Waals surface area contributed by atoms with Gasteiger partial charge in [0.2, 0.25) is 0 Å². The molecule has 0 spiro atoms. The van der Waals surface area contributed by atoms with Gasteiger partial charge in [0.1, 0.15) is 23.2 Å². The molecule has 32 heavy (non-hydrogen) atoms. The summed E-state index contributed by atoms with van der Waals surface area (Å²) in [5.41, 5.74) is -0.946. The number of imidazole rings is 1. The predicted molar refractivity (Wildman–Crippen MR) is 127 cm³/mol. The minimum absolute atomic E-state index is 0.0803. The van der Waals surface area contributed by atoms with E-state index in [1.807, 2.05) is 27.0 Å². The summed E-state index contributed by atoms with van der Waals surface area (Å²) in [7, 11) is 0. The Morgan fingerprint density at radius 2 is 2.00 bits per heavy atom. The van der Waals surface area contributed by atoms with Crippen molar-refractivity contribution >= 4 is 5.97 Å². The van der Waals surface area contributed by atoms with E-state index in [0.29, 0.717) is 5.92 Å². The van der Waals surface area contributed by atoms with Gasteiger partial charge in [-0.15, -0.1) is 0 Å². The Morgan fingerprint density at radius 3 is 2.66 bits per heavy atom. The van der Waals surface area contributed by atoms with Gasteiger partial charge in [-0.25, -0.2) is 4.98 Å². The maximum absolute atomic E-state index is 13.4. The van der Waals surface area contributed by atoms with Crippen molar-refractivity contribution < 1.29 is 14.3 Å². The summed E-state index contributed by atoms with van der Waals surface area (Å²) in [6.45, 7) is 14.1. The first-order valence-corrected chi connectivity index (χ1v) is 12.8. The predicted octanol–water partition coefficient (Wildman–Crippen LogP) is 5.34. The average molecular weight is 448 g/mol. The van der Waals surface area contributed by atoms with E-state index in [2.05, 4.69) is 41.4 Å². The van der Waals surface area contributed by atoms with Crippen LogP contribution in [0.5, 0.6) is 0 Å². The molecule has 6 heteroatoms. The fourth-order valence-electron chi connectivity index (χ4n) is 5.44. The van der Waals surface area contributed by atoms with Gasteiger partial charge < -0.3 is 14.0 Å². The van der Waals surface area contributed by atoms with Crippen LogP contribution in [-0.4, -0.2) is 50.4 Å². The van der Waals surface area contributed by atoms with E-state index in [0.717, 1.165) is 57.4 Å². The Bertz CT molecular complexity index is 731. The van der Waals surface area contributed by atoms with Gasteiger partial charge >= 0.3 is 5.97 Å². The van der Waals surface area contributed by atoms with Gasteiger partial charge in [-0.3, -0.25) is 9.69 Å². The van der Waals surface area contributed by atoms with Crippen molar-refractivity contribution in [2.75, 3.05) is 6.54 Å². The Labute approximate surface area is 195 Å². The van der Waals surface area contributed by atoms with E-state index < -0.39 is 11.3 Å². The summed E-state index contributed by atoms with van der Waals surface area (Å²) in [6, 6.07) is -0.224. The third-order valence-electron chi connectivity index (χ3n) is 6.82. The molecule has 1 saturated carbocycles. The molecule has 0 N–H and O–H groups in total. The zero-order valence-electron chi connectivity index (χ0n) is 21.2. The lowest BCUT2D eigenvalue weighted by molar-refractivity contribution is -0.173. The Hall–Kier alpha value is -1.40. The van der Waals surface area contributed by atoms with Crippen LogP contribution in [-0.2, 0) is 27.2 Å². The number of carbonyl (C=O) groups is 1. The SMILES string of the molecule is CCCn1ccnc1CCCC1CN([C@H](C(=O)OC(C)(C)C)C2CCCCC2)C(C)(C)O1. The molecule has 1 aliphatic heterocycles. The van der Waals surface area contributed by atoms with Crippen LogP contribution in [0.3, 0.4) is 0 Å². The standard InChI is InChI=1S/C26H45N3O3/c1-7-17-28-18-16-27-22(28)15-11-14-21-19-29(26(5,6)31-21)23(20-12-9-8-10-13-20)24(30)32-25(2,3)4/h16,18,20-21,23H,7-15,17,19H2,1-6H3/t21?,23-/m0/s1. The normalized spacial score (nSPS) is 23.4. The Balaban J connectivity index is 1.66. The highest BCUT2D eigenvalue weighted by Gasteiger charge is 2.48. The van der Waals surface area contributed by atoms with Gasteiger partial charge in [0, 0.05) is 31.9 Å². The van der Waals surface area contributed by atoms with Crippen LogP contribution < -0.4 is 0 Å². The number of hydrogen-bond acceptors (Lipinski definition) is 5. The molecule has 0 bridgehead atoms. The number of aryl methyl sites for hydroxylation is 2. The summed E-state index contributed by atoms with van der Waals surface area (Å²) in [4.78, 5) is 20.2. The quantitative estimate of drug-likeness (QED) is 0.478. The molecule has 0 amide bonds. The smallest absolute Gasteiger partial charge is 0.324 e. The average Bonchev–Trinajstić information content (AvgIpc) is 3.25. The molecule has 6 nitrogen and oxygen atoms in total. The first-order valence-electron chi connectivity index (χ1n) is 12.8. The van der Waals surface area contributed by atoms with E-state index in [1.165, 1.54) is 19.3 Å². The first kappa shape index (κ1) is 25.2. The van der Waals surface area contributed by atoms with Gasteiger partial charge in [0.25, 0.3) is 0 Å². The highest BCUT2D eigenvalue weighted by Crippen LogP contribution is 2.38. The van der Waals surface area contributed by atoms with E-state index in [-0.39, 0.29) is 18.1 Å². The fraction of sp³-hybridized carbons (Fsp3) is 0.846. The number of nitrogens with zero attached hydrogens (tertiary/aromatic N) is 3. The molecule has 2 heterocycles. The van der Waals surface area contributed by atoms with Crippen LogP contribution in [0.4, 0.5) is 0 Å². The second kappa shape index (κ2) is 10.7. The van der Waals surface area contributed by atoms with Gasteiger partial charge in [0.05, 0.1) is 6.10 Å². The molecule has 1 aliphatic carbocycles. The number of hydrogen-bond donors (Lipinski definition) is 0. The van der Waals surface area contributed by atoms with Crippen molar-refractivity contribution in [3.05, 3.63) is 18.2 Å². The summed E-state index contributed by atoms with van der Waals surface area (Å²) in [6.07, 6.45) is 14.1. The third kappa shape index (κ3) is 6.57. The van der Waals surface area contributed by atoms with Crippen molar-refractivity contribution in [2.24, 2.45) is 5.92 Å². The second-order valence-corrected chi connectivity index (χ2v) is 11.1. The molecule has 1 aromatic heterocycles. The number of carbonyl (C=O) groups excluding carboxylic acids is 1. The van der Waals surface area contributed by atoms with Crippen LogP contribution in [0.15, 0.2) is 12.4 Å². The van der Waals surface area contributed by atoms with Crippen molar-refractivity contribution in [3.63, 3.8) is 0 Å². The molecule has 182 valence electrons. The van der Waals surface area contributed by atoms with Crippen molar-refractivity contribution in [3.8, 4) is 0 Å². The number of ether oxygens (including phenoxy) is 2. The second-order valence-electron chi connectivity index (χ2n) is 11.1. The van der Waals surface area contributed by atoms with Crippen LogP contribution in [0.1, 0.15) is 98.7 Å². The van der Waals surface area contributed by atoms with Crippen molar-refractivity contribution in [1.82, 2.24) is 14.5 Å². The van der Waals surface area contributed by atoms with Crippen LogP contribution in [0, 0.1) is 5.92 Å². The fourth-order valence-corrected chi connectivity index (χ4v) is 5.44. The summed E-state index contributed by atoms with van der Waals surface area (Å²) >= 11 is 0. The van der Waals surface area contributed by atoms with Crippen LogP contribution in [0.2, 0.25) is 0 Å². The van der Waals surface area contributed by atoms with Crippen LogP contribution >= 0.6 is 0 Å². The number of aromatic nitrogens is 2. The minimum Gasteiger partial charge on any atom is -0.459 e. The van der Waals surface area contributed by atoms with Crippen LogP contribution in [0.25, 0.3) is 0 Å². The summed E-state index contributed by atoms with van der Waals surface area (Å²) < 4.78 is 14.7. The molecule has 2 aliphatic rings. The highest BCUT2D eigenvalue weighted by atomic mass is 16.6. The molecule has 0 radical (unpaired) electrons. The maximum atomic E-state index is 13.4. The molecule has 1 aromatic rings. The molecule has 3 rings (SSSR count). The lowest BCUT2D eigenvalue weighted by Gasteiger charge is -2.41. The first-order chi connectivity index (χ1) is 15.1. The lowest BCUT2D eigenvalue weighted by Crippen LogP contribution is -2.55. The van der Waals surface area contributed by atoms with Gasteiger partial charge in [-0.1, -0.05) is 26.2 Å². The van der Waals surface area contributed by atoms with E-state index in [4.69, 9.17) is 9.47 Å². The molecule has 1 saturated heterocycles. The molecule has 0 aromatic carbocycles. The van der Waals surface area contributed by atoms with Crippen molar-refractivity contribution in [2.45, 2.75) is 129 Å². The molecule has 1 unspecified atom stereocenters. The van der Waals surface area contributed by atoms with Gasteiger partial charge in [0.15, 0.2) is 0 Å². The summed E-state index contributed by atoms with van der Waals surface area (Å²) in [5.74, 6) is 1.43. The Morgan fingerprint density at radius 1 is 1.28 bits per heavy atom. The molecule has 2 fully saturated rings. The largest absolute Gasteiger partial charge is 0.459 e. The van der Waals surface area contributed by atoms with Gasteiger partial charge in [-0.05, 0) is 72.6 Å². The zero-order chi connectivity index (χ0) is 23.4. The van der Waals surface area contributed by atoms with E-state index in [9.17, 15) is 4.79 Å².